The van der Waals surface area contributed by atoms with Crippen LogP contribution < -0.4 is 5.32 Å². The lowest BCUT2D eigenvalue weighted by molar-refractivity contribution is 0.592. The third-order valence-corrected chi connectivity index (χ3v) is 3.07. The summed E-state index contributed by atoms with van der Waals surface area (Å²) in [5.41, 5.74) is 2.82. The minimum absolute atomic E-state index is 0.365. The van der Waals surface area contributed by atoms with E-state index in [-0.39, 0.29) is 0 Å². The molecule has 0 radical (unpaired) electrons. The Morgan fingerprint density at radius 1 is 0.864 bits per heavy atom. The number of rotatable bonds is 3. The average Bonchev–Trinajstić information content (AvgIpc) is 3.04. The molecule has 0 aliphatic heterocycles. The highest BCUT2D eigenvalue weighted by Crippen LogP contribution is 2.24. The topological polar surface area (TPSA) is 85.6 Å². The molecule has 1 aromatic heterocycles. The lowest BCUT2D eigenvalue weighted by atomic mass is 10.1. The van der Waals surface area contributed by atoms with E-state index >= 15 is 0 Å². The number of hydrogen-bond donors (Lipinski definition) is 1. The molecule has 0 saturated carbocycles. The van der Waals surface area contributed by atoms with Gasteiger partial charge in [0.2, 0.25) is 0 Å². The van der Waals surface area contributed by atoms with Crippen molar-refractivity contribution in [2.75, 3.05) is 5.32 Å². The van der Waals surface area contributed by atoms with Crippen molar-refractivity contribution in [2.45, 2.75) is 0 Å². The first-order valence-electron chi connectivity index (χ1n) is 6.52. The van der Waals surface area contributed by atoms with Gasteiger partial charge in [-0.15, -0.1) is 0 Å². The molecule has 2 aromatic carbocycles. The molecule has 3 rings (SSSR count). The van der Waals surface area contributed by atoms with Gasteiger partial charge in [0.25, 0.3) is 6.01 Å². The fourth-order valence-electron chi connectivity index (χ4n) is 1.93. The zero-order valence-electron chi connectivity index (χ0n) is 11.4. The standard InChI is InChI=1S/C17H10N4O/c18-9-12-1-5-14(6-2-12)16-11-20-17(22-16)21-15-7-3-13(10-19)4-8-15/h1-8,11H,(H,20,21). The van der Waals surface area contributed by atoms with Gasteiger partial charge in [-0.3, -0.25) is 0 Å². The van der Waals surface area contributed by atoms with Crippen LogP contribution in [0.4, 0.5) is 11.7 Å². The Labute approximate surface area is 127 Å². The number of aromatic nitrogens is 1. The third kappa shape index (κ3) is 2.79. The van der Waals surface area contributed by atoms with Gasteiger partial charge in [0.1, 0.15) is 0 Å². The maximum absolute atomic E-state index is 8.79. The van der Waals surface area contributed by atoms with Gasteiger partial charge in [0.05, 0.1) is 29.5 Å². The highest BCUT2D eigenvalue weighted by Gasteiger charge is 2.06. The normalized spacial score (nSPS) is 9.73. The summed E-state index contributed by atoms with van der Waals surface area (Å²) in [5, 5.41) is 20.6. The Kier molecular flexibility index (Phi) is 3.55. The van der Waals surface area contributed by atoms with Crippen molar-refractivity contribution in [1.29, 1.82) is 10.5 Å². The summed E-state index contributed by atoms with van der Waals surface area (Å²) < 4.78 is 5.63. The second-order valence-corrected chi connectivity index (χ2v) is 4.53. The summed E-state index contributed by atoms with van der Waals surface area (Å²) in [6.45, 7) is 0. The molecule has 0 amide bonds. The first-order chi connectivity index (χ1) is 10.8. The maximum Gasteiger partial charge on any atom is 0.299 e. The number of oxazole rings is 1. The summed E-state index contributed by atoms with van der Waals surface area (Å²) >= 11 is 0. The van der Waals surface area contributed by atoms with Gasteiger partial charge >= 0.3 is 0 Å². The molecule has 104 valence electrons. The van der Waals surface area contributed by atoms with Gasteiger partial charge in [-0.1, -0.05) is 0 Å². The van der Waals surface area contributed by atoms with Crippen LogP contribution in [0.3, 0.4) is 0 Å². The molecule has 22 heavy (non-hydrogen) atoms. The Balaban J connectivity index is 1.78. The van der Waals surface area contributed by atoms with Crippen LogP contribution in [0.25, 0.3) is 11.3 Å². The van der Waals surface area contributed by atoms with Gasteiger partial charge in [0, 0.05) is 11.3 Å². The van der Waals surface area contributed by atoms with Gasteiger partial charge in [-0.25, -0.2) is 4.98 Å². The summed E-state index contributed by atoms with van der Waals surface area (Å²) in [7, 11) is 0. The lowest BCUT2D eigenvalue weighted by Crippen LogP contribution is -1.89. The molecule has 0 atom stereocenters. The molecular formula is C17H10N4O. The molecule has 5 heteroatoms. The molecule has 1 N–H and O–H groups in total. The lowest BCUT2D eigenvalue weighted by Gasteiger charge is -2.01. The van der Waals surface area contributed by atoms with E-state index in [2.05, 4.69) is 22.4 Å². The molecule has 3 aromatic rings. The second kappa shape index (κ2) is 5.82. The Morgan fingerprint density at radius 3 is 2.05 bits per heavy atom. The van der Waals surface area contributed by atoms with Gasteiger partial charge in [0.15, 0.2) is 5.76 Å². The Bertz CT molecular complexity index is 865. The van der Waals surface area contributed by atoms with E-state index in [9.17, 15) is 0 Å². The fraction of sp³-hybridized carbons (Fsp3) is 0. The number of hydrogen-bond acceptors (Lipinski definition) is 5. The quantitative estimate of drug-likeness (QED) is 0.790. The monoisotopic (exact) mass is 286 g/mol. The Hall–Kier alpha value is -3.57. The van der Waals surface area contributed by atoms with Crippen LogP contribution in [-0.2, 0) is 0 Å². The van der Waals surface area contributed by atoms with Crippen LogP contribution in [0, 0.1) is 22.7 Å². The third-order valence-electron chi connectivity index (χ3n) is 3.07. The number of anilines is 2. The highest BCUT2D eigenvalue weighted by atomic mass is 16.4. The van der Waals surface area contributed by atoms with Crippen LogP contribution >= 0.6 is 0 Å². The SMILES string of the molecule is N#Cc1ccc(Nc2ncc(-c3ccc(C#N)cc3)o2)cc1. The summed E-state index contributed by atoms with van der Waals surface area (Å²) in [5.74, 6) is 0.612. The van der Waals surface area contributed by atoms with E-state index in [1.807, 2.05) is 12.1 Å². The van der Waals surface area contributed by atoms with Crippen molar-refractivity contribution in [2.24, 2.45) is 0 Å². The van der Waals surface area contributed by atoms with Crippen LogP contribution in [0.15, 0.2) is 59.1 Å². The van der Waals surface area contributed by atoms with Crippen molar-refractivity contribution in [3.05, 3.63) is 65.9 Å². The Morgan fingerprint density at radius 2 is 1.45 bits per heavy atom. The molecule has 0 saturated heterocycles. The van der Waals surface area contributed by atoms with E-state index in [4.69, 9.17) is 14.9 Å². The minimum atomic E-state index is 0.365. The molecule has 0 fully saturated rings. The van der Waals surface area contributed by atoms with Crippen LogP contribution in [0.1, 0.15) is 11.1 Å². The van der Waals surface area contributed by atoms with Gasteiger partial charge in [-0.2, -0.15) is 10.5 Å². The van der Waals surface area contributed by atoms with Crippen LogP contribution in [0.2, 0.25) is 0 Å². The number of nitrogens with one attached hydrogen (secondary N) is 1. The van der Waals surface area contributed by atoms with Crippen molar-refractivity contribution in [3.63, 3.8) is 0 Å². The van der Waals surface area contributed by atoms with Crippen molar-refractivity contribution in [3.8, 4) is 23.5 Å². The fourth-order valence-corrected chi connectivity index (χ4v) is 1.93. The summed E-state index contributed by atoms with van der Waals surface area (Å²) in [4.78, 5) is 4.17. The molecule has 0 unspecified atom stereocenters. The number of benzene rings is 2. The van der Waals surface area contributed by atoms with Crippen molar-refractivity contribution in [1.82, 2.24) is 4.98 Å². The first kappa shape index (κ1) is 13.4. The molecule has 0 aliphatic carbocycles. The highest BCUT2D eigenvalue weighted by molar-refractivity contribution is 5.60. The number of nitrogens with zero attached hydrogens (tertiary/aromatic N) is 3. The summed E-state index contributed by atoms with van der Waals surface area (Å²) in [6.07, 6.45) is 1.62. The van der Waals surface area contributed by atoms with E-state index in [1.165, 1.54) is 0 Å². The molecule has 5 nitrogen and oxygen atoms in total. The number of nitriles is 2. The zero-order chi connectivity index (χ0) is 15.4. The van der Waals surface area contributed by atoms with E-state index in [1.54, 1.807) is 42.6 Å². The second-order valence-electron chi connectivity index (χ2n) is 4.53. The van der Waals surface area contributed by atoms with E-state index in [0.717, 1.165) is 11.3 Å². The van der Waals surface area contributed by atoms with E-state index < -0.39 is 0 Å². The average molecular weight is 286 g/mol. The maximum atomic E-state index is 8.79. The van der Waals surface area contributed by atoms with E-state index in [0.29, 0.717) is 22.9 Å². The molecule has 0 bridgehead atoms. The van der Waals surface area contributed by atoms with Gasteiger partial charge in [-0.05, 0) is 48.5 Å². The van der Waals surface area contributed by atoms with Crippen molar-refractivity contribution >= 4 is 11.7 Å². The van der Waals surface area contributed by atoms with Crippen LogP contribution in [-0.4, -0.2) is 4.98 Å². The largest absolute Gasteiger partial charge is 0.423 e. The molecule has 1 heterocycles. The minimum Gasteiger partial charge on any atom is -0.423 e. The van der Waals surface area contributed by atoms with Crippen molar-refractivity contribution < 1.29 is 4.42 Å². The predicted octanol–water partition coefficient (Wildman–Crippen LogP) is 3.83. The molecular weight excluding hydrogens is 276 g/mol. The zero-order valence-corrected chi connectivity index (χ0v) is 11.4. The smallest absolute Gasteiger partial charge is 0.299 e. The predicted molar refractivity (Wildman–Crippen MR) is 81.1 cm³/mol. The molecule has 0 aliphatic rings. The summed E-state index contributed by atoms with van der Waals surface area (Å²) in [6, 6.07) is 18.6. The van der Waals surface area contributed by atoms with Gasteiger partial charge < -0.3 is 9.73 Å². The van der Waals surface area contributed by atoms with Crippen LogP contribution in [0.5, 0.6) is 0 Å². The first-order valence-corrected chi connectivity index (χ1v) is 6.52. The molecule has 0 spiro atoms.